The third-order valence-electron chi connectivity index (χ3n) is 2.79. The molecule has 0 aliphatic rings. The molecule has 0 fully saturated rings. The zero-order valence-electron chi connectivity index (χ0n) is 14.3. The van der Waals surface area contributed by atoms with Crippen LogP contribution in [0.25, 0.3) is 0 Å². The number of carbonyl (C=O) groups excluding carboxylic acids is 3. The predicted octanol–water partition coefficient (Wildman–Crippen LogP) is 2.03. The number of rotatable bonds is 4. The van der Waals surface area contributed by atoms with Crippen LogP contribution in [-0.4, -0.2) is 41.8 Å². The average molecular weight is 338 g/mol. The molecule has 0 bridgehead atoms. The van der Waals surface area contributed by atoms with Crippen molar-refractivity contribution in [2.24, 2.45) is 0 Å². The standard InChI is InChI=1S/C16H22N2O6/c1-9(14(21)23-5)17-13(20)11-8-10(6-7-12(11)19)18-15(22)24-16(2,3)4/h6-9,19H,1-5H3,(H,17,20)(H,18,22)/t9-/m0/s1. The molecular formula is C16H22N2O6. The minimum absolute atomic E-state index is 0.0979. The summed E-state index contributed by atoms with van der Waals surface area (Å²) in [7, 11) is 1.20. The molecule has 1 rings (SSSR count). The van der Waals surface area contributed by atoms with Crippen molar-refractivity contribution in [3.8, 4) is 5.75 Å². The molecule has 0 aliphatic carbocycles. The lowest BCUT2D eigenvalue weighted by atomic mass is 10.1. The van der Waals surface area contributed by atoms with Gasteiger partial charge in [0.1, 0.15) is 17.4 Å². The second-order valence-corrected chi connectivity index (χ2v) is 6.08. The zero-order valence-corrected chi connectivity index (χ0v) is 14.3. The highest BCUT2D eigenvalue weighted by Crippen LogP contribution is 2.22. The van der Waals surface area contributed by atoms with Crippen LogP contribution >= 0.6 is 0 Å². The molecule has 0 saturated carbocycles. The van der Waals surface area contributed by atoms with E-state index < -0.39 is 29.6 Å². The summed E-state index contributed by atoms with van der Waals surface area (Å²) in [6, 6.07) is 3.06. The van der Waals surface area contributed by atoms with Gasteiger partial charge in [0.2, 0.25) is 0 Å². The van der Waals surface area contributed by atoms with E-state index in [4.69, 9.17) is 4.74 Å². The molecule has 1 aromatic rings. The van der Waals surface area contributed by atoms with Gasteiger partial charge < -0.3 is 19.9 Å². The zero-order chi connectivity index (χ0) is 18.5. The predicted molar refractivity (Wildman–Crippen MR) is 86.9 cm³/mol. The van der Waals surface area contributed by atoms with E-state index in [1.54, 1.807) is 20.8 Å². The Bertz CT molecular complexity index is 636. The van der Waals surface area contributed by atoms with Crippen LogP contribution < -0.4 is 10.6 Å². The van der Waals surface area contributed by atoms with Gasteiger partial charge >= 0.3 is 12.1 Å². The lowest BCUT2D eigenvalue weighted by Crippen LogP contribution is -2.39. The molecule has 0 aliphatic heterocycles. The number of methoxy groups -OCH3 is 1. The quantitative estimate of drug-likeness (QED) is 0.572. The van der Waals surface area contributed by atoms with Crippen LogP contribution in [0.5, 0.6) is 5.75 Å². The van der Waals surface area contributed by atoms with E-state index in [9.17, 15) is 19.5 Å². The smallest absolute Gasteiger partial charge is 0.412 e. The number of aromatic hydroxyl groups is 1. The molecule has 1 aromatic carbocycles. The maximum Gasteiger partial charge on any atom is 0.412 e. The van der Waals surface area contributed by atoms with Crippen molar-refractivity contribution in [2.75, 3.05) is 12.4 Å². The fourth-order valence-electron chi connectivity index (χ4n) is 1.73. The minimum atomic E-state index is -0.885. The maximum atomic E-state index is 12.1. The summed E-state index contributed by atoms with van der Waals surface area (Å²) in [6.07, 6.45) is -0.692. The van der Waals surface area contributed by atoms with Crippen LogP contribution in [0.1, 0.15) is 38.1 Å². The fourth-order valence-corrected chi connectivity index (χ4v) is 1.73. The van der Waals surface area contributed by atoms with E-state index in [0.29, 0.717) is 0 Å². The Hall–Kier alpha value is -2.77. The third-order valence-corrected chi connectivity index (χ3v) is 2.79. The van der Waals surface area contributed by atoms with Gasteiger partial charge in [0, 0.05) is 5.69 Å². The van der Waals surface area contributed by atoms with E-state index in [2.05, 4.69) is 15.4 Å². The van der Waals surface area contributed by atoms with Gasteiger partial charge in [-0.25, -0.2) is 9.59 Å². The molecular weight excluding hydrogens is 316 g/mol. The fraction of sp³-hybridized carbons (Fsp3) is 0.438. The van der Waals surface area contributed by atoms with Crippen LogP contribution in [-0.2, 0) is 14.3 Å². The Morgan fingerprint density at radius 2 is 1.83 bits per heavy atom. The minimum Gasteiger partial charge on any atom is -0.507 e. The monoisotopic (exact) mass is 338 g/mol. The average Bonchev–Trinajstić information content (AvgIpc) is 2.46. The number of benzene rings is 1. The molecule has 0 unspecified atom stereocenters. The summed E-state index contributed by atoms with van der Waals surface area (Å²) in [5.41, 5.74) is -0.505. The van der Waals surface area contributed by atoms with Gasteiger partial charge in [-0.05, 0) is 45.9 Å². The summed E-state index contributed by atoms with van der Waals surface area (Å²) in [4.78, 5) is 35.2. The number of amides is 2. The largest absolute Gasteiger partial charge is 0.507 e. The van der Waals surface area contributed by atoms with Crippen LogP contribution in [0, 0.1) is 0 Å². The SMILES string of the molecule is COC(=O)[C@H](C)NC(=O)c1cc(NC(=O)OC(C)(C)C)ccc1O. The summed E-state index contributed by atoms with van der Waals surface area (Å²) in [6.45, 7) is 6.60. The highest BCUT2D eigenvalue weighted by molar-refractivity contribution is 6.00. The van der Waals surface area contributed by atoms with Crippen molar-refractivity contribution in [1.29, 1.82) is 0 Å². The lowest BCUT2D eigenvalue weighted by Gasteiger charge is -2.20. The van der Waals surface area contributed by atoms with Crippen molar-refractivity contribution in [2.45, 2.75) is 39.3 Å². The number of ether oxygens (including phenoxy) is 2. The van der Waals surface area contributed by atoms with Crippen molar-refractivity contribution in [3.05, 3.63) is 23.8 Å². The number of anilines is 1. The molecule has 1 atom stereocenters. The van der Waals surface area contributed by atoms with Gasteiger partial charge in [0.25, 0.3) is 5.91 Å². The first-order valence-electron chi connectivity index (χ1n) is 7.25. The molecule has 0 radical (unpaired) electrons. The molecule has 3 N–H and O–H groups in total. The number of hydrogen-bond donors (Lipinski definition) is 3. The lowest BCUT2D eigenvalue weighted by molar-refractivity contribution is -0.142. The molecule has 0 saturated heterocycles. The van der Waals surface area contributed by atoms with Gasteiger partial charge in [-0.1, -0.05) is 0 Å². The number of carbonyl (C=O) groups is 3. The highest BCUT2D eigenvalue weighted by Gasteiger charge is 2.20. The van der Waals surface area contributed by atoms with Gasteiger partial charge in [0.05, 0.1) is 12.7 Å². The molecule has 132 valence electrons. The van der Waals surface area contributed by atoms with E-state index >= 15 is 0 Å². The maximum absolute atomic E-state index is 12.1. The Labute approximate surface area is 140 Å². The van der Waals surface area contributed by atoms with Gasteiger partial charge in [0.15, 0.2) is 0 Å². The van der Waals surface area contributed by atoms with Crippen molar-refractivity contribution in [1.82, 2.24) is 5.32 Å². The summed E-state index contributed by atoms with van der Waals surface area (Å²) < 4.78 is 9.62. The Morgan fingerprint density at radius 1 is 1.21 bits per heavy atom. The number of hydrogen-bond acceptors (Lipinski definition) is 6. The van der Waals surface area contributed by atoms with E-state index in [-0.39, 0.29) is 17.0 Å². The summed E-state index contributed by atoms with van der Waals surface area (Å²) in [5, 5.41) is 14.7. The summed E-state index contributed by atoms with van der Waals surface area (Å²) >= 11 is 0. The molecule has 8 heteroatoms. The van der Waals surface area contributed by atoms with E-state index in [0.717, 1.165) is 0 Å². The molecule has 0 spiro atoms. The third kappa shape index (κ3) is 5.79. The second kappa shape index (κ2) is 7.67. The van der Waals surface area contributed by atoms with E-state index in [1.807, 2.05) is 0 Å². The normalized spacial score (nSPS) is 12.0. The van der Waals surface area contributed by atoms with Crippen LogP contribution in [0.2, 0.25) is 0 Å². The molecule has 8 nitrogen and oxygen atoms in total. The van der Waals surface area contributed by atoms with Crippen LogP contribution in [0.3, 0.4) is 0 Å². The topological polar surface area (TPSA) is 114 Å². The number of phenolic OH excluding ortho intramolecular Hbond substituents is 1. The number of nitrogens with one attached hydrogen (secondary N) is 2. The Morgan fingerprint density at radius 3 is 2.38 bits per heavy atom. The first-order valence-corrected chi connectivity index (χ1v) is 7.25. The first kappa shape index (κ1) is 19.3. The first-order chi connectivity index (χ1) is 11.0. The van der Waals surface area contributed by atoms with Gasteiger partial charge in [-0.3, -0.25) is 10.1 Å². The number of phenols is 1. The Balaban J connectivity index is 2.88. The highest BCUT2D eigenvalue weighted by atomic mass is 16.6. The molecule has 0 heterocycles. The second-order valence-electron chi connectivity index (χ2n) is 6.08. The number of esters is 1. The van der Waals surface area contributed by atoms with Crippen LogP contribution in [0.4, 0.5) is 10.5 Å². The van der Waals surface area contributed by atoms with Gasteiger partial charge in [-0.15, -0.1) is 0 Å². The van der Waals surface area contributed by atoms with Gasteiger partial charge in [-0.2, -0.15) is 0 Å². The Kier molecular flexibility index (Phi) is 6.16. The van der Waals surface area contributed by atoms with E-state index in [1.165, 1.54) is 32.2 Å². The van der Waals surface area contributed by atoms with Crippen molar-refractivity contribution < 1.29 is 29.0 Å². The van der Waals surface area contributed by atoms with Crippen molar-refractivity contribution in [3.63, 3.8) is 0 Å². The molecule has 0 aromatic heterocycles. The van der Waals surface area contributed by atoms with Crippen LogP contribution in [0.15, 0.2) is 18.2 Å². The van der Waals surface area contributed by atoms with Crippen molar-refractivity contribution >= 4 is 23.7 Å². The summed E-state index contributed by atoms with van der Waals surface area (Å²) in [5.74, 6) is -1.59. The molecule has 2 amide bonds. The molecule has 24 heavy (non-hydrogen) atoms.